The third-order valence-corrected chi connectivity index (χ3v) is 5.91. The van der Waals surface area contributed by atoms with Crippen molar-refractivity contribution in [3.8, 4) is 5.75 Å². The van der Waals surface area contributed by atoms with Gasteiger partial charge in [0.15, 0.2) is 0 Å². The number of phenols is 1. The van der Waals surface area contributed by atoms with Gasteiger partial charge in [0.2, 0.25) is 5.91 Å². The van der Waals surface area contributed by atoms with E-state index in [1.54, 1.807) is 12.1 Å². The highest BCUT2D eigenvalue weighted by Crippen LogP contribution is 2.36. The van der Waals surface area contributed by atoms with Gasteiger partial charge in [-0.2, -0.15) is 0 Å². The zero-order valence-corrected chi connectivity index (χ0v) is 18.9. The molecule has 8 nitrogen and oxygen atoms in total. The lowest BCUT2D eigenvalue weighted by atomic mass is 9.94. The molecule has 2 aromatic rings. The van der Waals surface area contributed by atoms with Crippen molar-refractivity contribution >= 4 is 23.5 Å². The van der Waals surface area contributed by atoms with Crippen LogP contribution in [0.1, 0.15) is 59.6 Å². The monoisotopic (exact) mass is 454 g/mol. The largest absolute Gasteiger partial charge is 0.506 e. The van der Waals surface area contributed by atoms with Crippen molar-refractivity contribution in [3.63, 3.8) is 0 Å². The van der Waals surface area contributed by atoms with Gasteiger partial charge in [0.25, 0.3) is 5.91 Å². The predicted molar refractivity (Wildman–Crippen MR) is 123 cm³/mol. The van der Waals surface area contributed by atoms with Crippen LogP contribution in [0.15, 0.2) is 42.5 Å². The zero-order chi connectivity index (χ0) is 24.0. The van der Waals surface area contributed by atoms with E-state index in [9.17, 15) is 24.6 Å². The lowest BCUT2D eigenvalue weighted by Gasteiger charge is -2.33. The topological polar surface area (TPSA) is 116 Å². The maximum atomic E-state index is 13.6. The van der Waals surface area contributed by atoms with E-state index in [2.05, 4.69) is 5.32 Å². The van der Waals surface area contributed by atoms with Crippen LogP contribution < -0.4 is 10.2 Å². The molecule has 1 saturated carbocycles. The number of rotatable bonds is 7. The van der Waals surface area contributed by atoms with Crippen LogP contribution in [0.3, 0.4) is 0 Å². The van der Waals surface area contributed by atoms with Crippen molar-refractivity contribution < 1.29 is 29.3 Å². The number of carbonyl (C=O) groups is 3. The quantitative estimate of drug-likeness (QED) is 0.554. The number of carbonyl (C=O) groups excluding carboxylic acids is 3. The summed E-state index contributed by atoms with van der Waals surface area (Å²) in [7, 11) is 1.22. The number of aliphatic hydroxyl groups excluding tert-OH is 1. The van der Waals surface area contributed by atoms with Crippen LogP contribution in [0.25, 0.3) is 0 Å². The fourth-order valence-electron chi connectivity index (χ4n) is 4.15. The first-order valence-corrected chi connectivity index (χ1v) is 11.1. The summed E-state index contributed by atoms with van der Waals surface area (Å²) in [5.41, 5.74) is 1.51. The SMILES string of the molecule is COC(=O)c1ccc(O)c(N(C(=O)CO)C(C(=O)NC2CCCCC2)c2ccc(C)cc2)c1. The van der Waals surface area contributed by atoms with Crippen LogP contribution in [0, 0.1) is 6.92 Å². The number of ether oxygens (including phenoxy) is 1. The number of amides is 2. The minimum absolute atomic E-state index is 0.0136. The van der Waals surface area contributed by atoms with Gasteiger partial charge in [-0.05, 0) is 43.5 Å². The number of methoxy groups -OCH3 is 1. The molecule has 0 spiro atoms. The molecule has 0 aromatic heterocycles. The normalized spacial score (nSPS) is 14.9. The van der Waals surface area contributed by atoms with Gasteiger partial charge < -0.3 is 20.3 Å². The summed E-state index contributed by atoms with van der Waals surface area (Å²) < 4.78 is 4.75. The predicted octanol–water partition coefficient (Wildman–Crippen LogP) is 3.00. The van der Waals surface area contributed by atoms with Crippen LogP contribution in [-0.4, -0.2) is 47.8 Å². The van der Waals surface area contributed by atoms with Crippen LogP contribution in [0.4, 0.5) is 5.69 Å². The van der Waals surface area contributed by atoms with Gasteiger partial charge in [-0.3, -0.25) is 14.5 Å². The second-order valence-electron chi connectivity index (χ2n) is 8.27. The van der Waals surface area contributed by atoms with Crippen LogP contribution >= 0.6 is 0 Å². The second-order valence-corrected chi connectivity index (χ2v) is 8.27. The number of nitrogens with one attached hydrogen (secondary N) is 1. The van der Waals surface area contributed by atoms with E-state index in [0.717, 1.165) is 42.6 Å². The molecule has 1 aliphatic rings. The number of hydrogen-bond donors (Lipinski definition) is 3. The molecule has 2 aromatic carbocycles. The van der Waals surface area contributed by atoms with E-state index in [1.165, 1.54) is 25.3 Å². The Morgan fingerprint density at radius 2 is 1.76 bits per heavy atom. The van der Waals surface area contributed by atoms with Crippen LogP contribution in [0.5, 0.6) is 5.75 Å². The van der Waals surface area contributed by atoms with Crippen molar-refractivity contribution in [1.82, 2.24) is 5.32 Å². The molecule has 1 atom stereocenters. The molecular weight excluding hydrogens is 424 g/mol. The Labute approximate surface area is 193 Å². The summed E-state index contributed by atoms with van der Waals surface area (Å²) >= 11 is 0. The number of anilines is 1. The first-order valence-electron chi connectivity index (χ1n) is 11.1. The maximum absolute atomic E-state index is 13.6. The molecule has 1 aliphatic carbocycles. The first kappa shape index (κ1) is 24.3. The minimum Gasteiger partial charge on any atom is -0.506 e. The number of aliphatic hydroxyl groups is 1. The van der Waals surface area contributed by atoms with Crippen LogP contribution in [-0.2, 0) is 14.3 Å². The van der Waals surface area contributed by atoms with Gasteiger partial charge in [-0.1, -0.05) is 49.1 Å². The van der Waals surface area contributed by atoms with Crippen molar-refractivity contribution in [3.05, 3.63) is 59.2 Å². The van der Waals surface area contributed by atoms with E-state index < -0.39 is 30.4 Å². The summed E-state index contributed by atoms with van der Waals surface area (Å²) in [6.07, 6.45) is 4.85. The Morgan fingerprint density at radius 3 is 2.36 bits per heavy atom. The number of benzene rings is 2. The molecule has 2 amide bonds. The van der Waals surface area contributed by atoms with Crippen molar-refractivity contribution in [2.45, 2.75) is 51.1 Å². The highest BCUT2D eigenvalue weighted by molar-refractivity contribution is 6.04. The molecule has 0 bridgehead atoms. The Balaban J connectivity index is 2.10. The molecule has 1 fully saturated rings. The van der Waals surface area contributed by atoms with E-state index in [-0.39, 0.29) is 23.0 Å². The second kappa shape index (κ2) is 11.0. The third-order valence-electron chi connectivity index (χ3n) is 5.91. The fraction of sp³-hybridized carbons (Fsp3) is 0.400. The molecule has 0 heterocycles. The number of hydrogen-bond acceptors (Lipinski definition) is 6. The Bertz CT molecular complexity index is 998. The van der Waals surface area contributed by atoms with E-state index in [1.807, 2.05) is 19.1 Å². The molecule has 3 rings (SSSR count). The van der Waals surface area contributed by atoms with Crippen molar-refractivity contribution in [2.24, 2.45) is 0 Å². The molecular formula is C25H30N2O6. The molecule has 0 saturated heterocycles. The number of aryl methyl sites for hydroxylation is 1. The van der Waals surface area contributed by atoms with Gasteiger partial charge in [0.1, 0.15) is 18.4 Å². The van der Waals surface area contributed by atoms with Crippen molar-refractivity contribution in [1.29, 1.82) is 0 Å². The van der Waals surface area contributed by atoms with E-state index in [0.29, 0.717) is 5.56 Å². The Morgan fingerprint density at radius 1 is 1.09 bits per heavy atom. The van der Waals surface area contributed by atoms with Crippen molar-refractivity contribution in [2.75, 3.05) is 18.6 Å². The lowest BCUT2D eigenvalue weighted by molar-refractivity contribution is -0.128. The molecule has 0 aliphatic heterocycles. The fourth-order valence-corrected chi connectivity index (χ4v) is 4.15. The standard InChI is InChI=1S/C25H30N2O6/c1-16-8-10-17(11-9-16)23(24(31)26-19-6-4-3-5-7-19)27(22(30)15-28)20-14-18(25(32)33-2)12-13-21(20)29/h8-14,19,23,28-29H,3-7,15H2,1-2H3,(H,26,31). The Kier molecular flexibility index (Phi) is 8.06. The van der Waals surface area contributed by atoms with Gasteiger partial charge in [0, 0.05) is 6.04 Å². The molecule has 8 heteroatoms. The Hall–Kier alpha value is -3.39. The summed E-state index contributed by atoms with van der Waals surface area (Å²) in [5, 5.41) is 23.4. The first-order chi connectivity index (χ1) is 15.8. The van der Waals surface area contributed by atoms with Gasteiger partial charge in [-0.15, -0.1) is 0 Å². The van der Waals surface area contributed by atoms with E-state index in [4.69, 9.17) is 4.74 Å². The summed E-state index contributed by atoms with van der Waals surface area (Å²) in [6, 6.07) is 9.83. The molecule has 1 unspecified atom stereocenters. The molecule has 0 radical (unpaired) electrons. The molecule has 176 valence electrons. The third kappa shape index (κ3) is 5.70. The smallest absolute Gasteiger partial charge is 0.337 e. The van der Waals surface area contributed by atoms with Crippen LogP contribution in [0.2, 0.25) is 0 Å². The highest BCUT2D eigenvalue weighted by Gasteiger charge is 2.35. The summed E-state index contributed by atoms with van der Waals surface area (Å²) in [6.45, 7) is 1.02. The maximum Gasteiger partial charge on any atom is 0.337 e. The molecule has 33 heavy (non-hydrogen) atoms. The summed E-state index contributed by atoms with van der Waals surface area (Å²) in [4.78, 5) is 39.6. The number of nitrogens with zero attached hydrogens (tertiary/aromatic N) is 1. The molecule has 3 N–H and O–H groups in total. The zero-order valence-electron chi connectivity index (χ0n) is 18.9. The minimum atomic E-state index is -1.16. The lowest BCUT2D eigenvalue weighted by Crippen LogP contribution is -2.48. The van der Waals surface area contributed by atoms with Gasteiger partial charge in [-0.25, -0.2) is 4.79 Å². The number of esters is 1. The summed E-state index contributed by atoms with van der Waals surface area (Å²) in [5.74, 6) is -2.19. The highest BCUT2D eigenvalue weighted by atomic mass is 16.5. The average molecular weight is 455 g/mol. The number of aromatic hydroxyl groups is 1. The van der Waals surface area contributed by atoms with Gasteiger partial charge >= 0.3 is 5.97 Å². The average Bonchev–Trinajstić information content (AvgIpc) is 2.83. The number of phenolic OH excluding ortho intramolecular Hbond substituents is 1. The van der Waals surface area contributed by atoms with E-state index >= 15 is 0 Å². The van der Waals surface area contributed by atoms with Gasteiger partial charge in [0.05, 0.1) is 18.4 Å².